The molecule has 1 aromatic heterocycles. The predicted molar refractivity (Wildman–Crippen MR) is 80.8 cm³/mol. The Bertz CT molecular complexity index is 751. The topological polar surface area (TPSA) is 119 Å². The van der Waals surface area contributed by atoms with E-state index in [4.69, 9.17) is 10.5 Å². The van der Waals surface area contributed by atoms with E-state index < -0.39 is 0 Å². The van der Waals surface area contributed by atoms with Gasteiger partial charge in [0.15, 0.2) is 0 Å². The molecular formula is C15H15N7O. The highest BCUT2D eigenvalue weighted by Crippen LogP contribution is 2.12. The van der Waals surface area contributed by atoms with Crippen LogP contribution in [-0.2, 0) is 6.54 Å². The third-order valence-electron chi connectivity index (χ3n) is 3.15. The Labute approximate surface area is 133 Å². The lowest BCUT2D eigenvalue weighted by Gasteiger charge is -2.15. The van der Waals surface area contributed by atoms with Crippen LogP contribution in [0.1, 0.15) is 29.9 Å². The van der Waals surface area contributed by atoms with Gasteiger partial charge in [-0.15, -0.1) is 5.10 Å². The van der Waals surface area contributed by atoms with E-state index in [1.54, 1.807) is 12.1 Å². The van der Waals surface area contributed by atoms with Gasteiger partial charge in [-0.05, 0) is 24.6 Å². The first-order valence-corrected chi connectivity index (χ1v) is 6.96. The number of benzene rings is 1. The second kappa shape index (κ2) is 7.57. The lowest BCUT2D eigenvalue weighted by Crippen LogP contribution is -2.38. The molecule has 1 atom stereocenters. The van der Waals surface area contributed by atoms with Crippen molar-refractivity contribution in [2.24, 2.45) is 0 Å². The second-order valence-corrected chi connectivity index (χ2v) is 4.80. The van der Waals surface area contributed by atoms with Gasteiger partial charge >= 0.3 is 6.03 Å². The molecule has 2 N–H and O–H groups in total. The number of urea groups is 1. The Morgan fingerprint density at radius 1 is 1.30 bits per heavy atom. The van der Waals surface area contributed by atoms with Gasteiger partial charge < -0.3 is 10.6 Å². The molecule has 0 saturated heterocycles. The molecule has 8 heteroatoms. The molecule has 8 nitrogen and oxygen atoms in total. The first kappa shape index (κ1) is 16.0. The van der Waals surface area contributed by atoms with E-state index in [2.05, 4.69) is 26.8 Å². The standard InChI is InChI=1S/C15H15N7O/c1-11(13-4-2-12(8-16)3-5-13)20-15(23)18-6-7-22-10-19-14(9-17)21-22/h2-5,10-11H,6-7H2,1H3,(H2,18,20,23). The molecule has 0 spiro atoms. The summed E-state index contributed by atoms with van der Waals surface area (Å²) >= 11 is 0. The van der Waals surface area contributed by atoms with Gasteiger partial charge in [0.05, 0.1) is 24.2 Å². The van der Waals surface area contributed by atoms with Crippen LogP contribution in [0.3, 0.4) is 0 Å². The molecule has 1 aromatic carbocycles. The van der Waals surface area contributed by atoms with Gasteiger partial charge in [-0.3, -0.25) is 0 Å². The average Bonchev–Trinajstić information content (AvgIpc) is 3.03. The molecule has 0 bridgehead atoms. The van der Waals surface area contributed by atoms with Gasteiger partial charge in [-0.2, -0.15) is 10.5 Å². The summed E-state index contributed by atoms with van der Waals surface area (Å²) in [6, 6.07) is 10.4. The molecule has 0 aliphatic heterocycles. The first-order chi connectivity index (χ1) is 11.1. The van der Waals surface area contributed by atoms with Crippen molar-refractivity contribution >= 4 is 6.03 Å². The van der Waals surface area contributed by atoms with Crippen LogP contribution >= 0.6 is 0 Å². The van der Waals surface area contributed by atoms with Crippen LogP contribution in [-0.4, -0.2) is 27.3 Å². The van der Waals surface area contributed by atoms with Crippen LogP contribution in [0.4, 0.5) is 4.79 Å². The fraction of sp³-hybridized carbons (Fsp3) is 0.267. The fourth-order valence-corrected chi connectivity index (χ4v) is 1.91. The number of rotatable bonds is 5. The number of carbonyl (C=O) groups excluding carboxylic acids is 1. The van der Waals surface area contributed by atoms with Gasteiger partial charge in [-0.1, -0.05) is 12.1 Å². The highest BCUT2D eigenvalue weighted by Gasteiger charge is 2.09. The predicted octanol–water partition coefficient (Wildman–Crippen LogP) is 1.08. The summed E-state index contributed by atoms with van der Waals surface area (Å²) in [5, 5.41) is 26.8. The van der Waals surface area contributed by atoms with Crippen molar-refractivity contribution in [1.29, 1.82) is 10.5 Å². The van der Waals surface area contributed by atoms with Gasteiger partial charge in [-0.25, -0.2) is 14.5 Å². The summed E-state index contributed by atoms with van der Waals surface area (Å²) < 4.78 is 1.49. The van der Waals surface area contributed by atoms with E-state index in [-0.39, 0.29) is 17.9 Å². The van der Waals surface area contributed by atoms with Crippen molar-refractivity contribution in [2.45, 2.75) is 19.5 Å². The molecule has 0 saturated carbocycles. The summed E-state index contributed by atoms with van der Waals surface area (Å²) in [5.74, 6) is 0.101. The Kier molecular flexibility index (Phi) is 5.26. The van der Waals surface area contributed by atoms with Crippen LogP contribution < -0.4 is 10.6 Å². The number of aromatic nitrogens is 3. The first-order valence-electron chi connectivity index (χ1n) is 6.96. The van der Waals surface area contributed by atoms with E-state index in [9.17, 15) is 4.79 Å². The number of nitrogens with one attached hydrogen (secondary N) is 2. The Hall–Kier alpha value is -3.39. The second-order valence-electron chi connectivity index (χ2n) is 4.80. The van der Waals surface area contributed by atoms with Gasteiger partial charge in [0, 0.05) is 6.54 Å². The summed E-state index contributed by atoms with van der Waals surface area (Å²) in [6.45, 7) is 2.64. The van der Waals surface area contributed by atoms with Crippen molar-refractivity contribution in [3.05, 3.63) is 47.5 Å². The maximum absolute atomic E-state index is 11.8. The highest BCUT2D eigenvalue weighted by molar-refractivity contribution is 5.74. The monoisotopic (exact) mass is 309 g/mol. The lowest BCUT2D eigenvalue weighted by atomic mass is 10.1. The smallest absolute Gasteiger partial charge is 0.315 e. The molecule has 2 aromatic rings. The molecule has 0 radical (unpaired) electrons. The zero-order valence-electron chi connectivity index (χ0n) is 12.5. The van der Waals surface area contributed by atoms with Crippen molar-refractivity contribution in [3.8, 4) is 12.1 Å². The van der Waals surface area contributed by atoms with E-state index in [1.165, 1.54) is 11.0 Å². The summed E-state index contributed by atoms with van der Waals surface area (Å²) in [6.07, 6.45) is 1.44. The maximum Gasteiger partial charge on any atom is 0.315 e. The molecular weight excluding hydrogens is 294 g/mol. The molecule has 23 heavy (non-hydrogen) atoms. The number of hydrogen-bond donors (Lipinski definition) is 2. The normalized spacial score (nSPS) is 11.1. The minimum atomic E-state index is -0.303. The SMILES string of the molecule is CC(NC(=O)NCCn1cnc(C#N)n1)c1ccc(C#N)cc1. The van der Waals surface area contributed by atoms with Crippen molar-refractivity contribution < 1.29 is 4.79 Å². The maximum atomic E-state index is 11.8. The Morgan fingerprint density at radius 3 is 2.65 bits per heavy atom. The van der Waals surface area contributed by atoms with Crippen LogP contribution in [0.25, 0.3) is 0 Å². The summed E-state index contributed by atoms with van der Waals surface area (Å²) in [7, 11) is 0. The minimum absolute atomic E-state index is 0.101. The average molecular weight is 309 g/mol. The number of nitrogens with zero attached hydrogens (tertiary/aromatic N) is 5. The molecule has 0 fully saturated rings. The third kappa shape index (κ3) is 4.55. The largest absolute Gasteiger partial charge is 0.336 e. The van der Waals surface area contributed by atoms with E-state index >= 15 is 0 Å². The summed E-state index contributed by atoms with van der Waals surface area (Å²) in [4.78, 5) is 15.6. The minimum Gasteiger partial charge on any atom is -0.336 e. The van der Waals surface area contributed by atoms with Gasteiger partial charge in [0.1, 0.15) is 12.4 Å². The highest BCUT2D eigenvalue weighted by atomic mass is 16.2. The molecule has 2 rings (SSSR count). The molecule has 2 amide bonds. The van der Waals surface area contributed by atoms with Crippen LogP contribution in [0.2, 0.25) is 0 Å². The zero-order chi connectivity index (χ0) is 16.7. The van der Waals surface area contributed by atoms with Gasteiger partial charge in [0.25, 0.3) is 5.82 Å². The van der Waals surface area contributed by atoms with E-state index in [1.807, 2.05) is 25.1 Å². The number of nitriles is 2. The number of amides is 2. The molecule has 0 aliphatic rings. The van der Waals surface area contributed by atoms with Crippen molar-refractivity contribution in [2.75, 3.05) is 6.54 Å². The van der Waals surface area contributed by atoms with Crippen molar-refractivity contribution in [3.63, 3.8) is 0 Å². The fourth-order valence-electron chi connectivity index (χ4n) is 1.91. The lowest BCUT2D eigenvalue weighted by molar-refractivity contribution is 0.237. The summed E-state index contributed by atoms with van der Waals surface area (Å²) in [5.41, 5.74) is 1.49. The number of carbonyl (C=O) groups is 1. The molecule has 116 valence electrons. The van der Waals surface area contributed by atoms with Crippen LogP contribution in [0.5, 0.6) is 0 Å². The molecule has 1 heterocycles. The van der Waals surface area contributed by atoms with Crippen LogP contribution in [0, 0.1) is 22.7 Å². The Balaban J connectivity index is 1.77. The van der Waals surface area contributed by atoms with Crippen molar-refractivity contribution in [1.82, 2.24) is 25.4 Å². The third-order valence-corrected chi connectivity index (χ3v) is 3.15. The van der Waals surface area contributed by atoms with Crippen LogP contribution in [0.15, 0.2) is 30.6 Å². The zero-order valence-corrected chi connectivity index (χ0v) is 12.5. The Morgan fingerprint density at radius 2 is 2.04 bits per heavy atom. The van der Waals surface area contributed by atoms with E-state index in [0.717, 1.165) is 5.56 Å². The van der Waals surface area contributed by atoms with E-state index in [0.29, 0.717) is 18.7 Å². The number of hydrogen-bond acceptors (Lipinski definition) is 5. The molecule has 0 aliphatic carbocycles. The quantitative estimate of drug-likeness (QED) is 0.856. The molecule has 1 unspecified atom stereocenters. The van der Waals surface area contributed by atoms with Gasteiger partial charge in [0.2, 0.25) is 0 Å².